The summed E-state index contributed by atoms with van der Waals surface area (Å²) in [5.74, 6) is 2.31. The van der Waals surface area contributed by atoms with Crippen molar-refractivity contribution in [2.24, 2.45) is 17.8 Å². The zero-order chi connectivity index (χ0) is 14.7. The van der Waals surface area contributed by atoms with Gasteiger partial charge >= 0.3 is 0 Å². The van der Waals surface area contributed by atoms with Crippen LogP contribution in [-0.4, -0.2) is 6.54 Å². The molecule has 1 aromatic carbocycles. The molecule has 1 nitrogen and oxygen atoms in total. The van der Waals surface area contributed by atoms with Gasteiger partial charge in [0, 0.05) is 10.5 Å². The Morgan fingerprint density at radius 2 is 1.90 bits per heavy atom. The zero-order valence-electron chi connectivity index (χ0n) is 12.6. The molecule has 3 heteroatoms. The largest absolute Gasteiger partial charge is 0.310 e. The number of benzene rings is 1. The van der Waals surface area contributed by atoms with Gasteiger partial charge in [0.05, 0.1) is 5.02 Å². The standard InChI is InChI=1S/C17H25BrClN/c1-4-20-17(13-9-11(2)8-12(3)10-13)14-6-5-7-15(18)16(14)19/h5-7,11-13,17,20H,4,8-10H2,1-3H3. The first-order chi connectivity index (χ1) is 9.52. The topological polar surface area (TPSA) is 12.0 Å². The van der Waals surface area contributed by atoms with Crippen molar-refractivity contribution in [2.45, 2.75) is 46.1 Å². The average Bonchev–Trinajstić information content (AvgIpc) is 2.38. The predicted octanol–water partition coefficient (Wildman–Crippen LogP) is 5.83. The van der Waals surface area contributed by atoms with E-state index in [1.54, 1.807) is 0 Å². The van der Waals surface area contributed by atoms with Crippen molar-refractivity contribution in [3.8, 4) is 0 Å². The van der Waals surface area contributed by atoms with Crippen LogP contribution in [0.3, 0.4) is 0 Å². The highest BCUT2D eigenvalue weighted by Gasteiger charge is 2.31. The zero-order valence-corrected chi connectivity index (χ0v) is 15.0. The second-order valence-electron chi connectivity index (χ2n) is 6.36. The van der Waals surface area contributed by atoms with Gasteiger partial charge in [0.15, 0.2) is 0 Å². The van der Waals surface area contributed by atoms with Crippen LogP contribution >= 0.6 is 27.5 Å². The van der Waals surface area contributed by atoms with Gasteiger partial charge < -0.3 is 5.32 Å². The Hall–Kier alpha value is -0.0500. The maximum absolute atomic E-state index is 6.53. The molecule has 0 amide bonds. The van der Waals surface area contributed by atoms with Gasteiger partial charge in [0.1, 0.15) is 0 Å². The number of nitrogens with one attached hydrogen (secondary N) is 1. The van der Waals surface area contributed by atoms with E-state index in [0.717, 1.165) is 27.9 Å². The van der Waals surface area contributed by atoms with Crippen LogP contribution in [0.15, 0.2) is 22.7 Å². The second kappa shape index (κ2) is 7.29. The molecule has 1 fully saturated rings. The van der Waals surface area contributed by atoms with E-state index in [2.05, 4.69) is 54.2 Å². The number of hydrogen-bond acceptors (Lipinski definition) is 1. The lowest BCUT2D eigenvalue weighted by Gasteiger charge is -2.37. The first-order valence-electron chi connectivity index (χ1n) is 7.70. The van der Waals surface area contributed by atoms with Gasteiger partial charge in [-0.05, 0) is 71.1 Å². The maximum Gasteiger partial charge on any atom is 0.0595 e. The highest BCUT2D eigenvalue weighted by atomic mass is 79.9. The van der Waals surface area contributed by atoms with E-state index >= 15 is 0 Å². The monoisotopic (exact) mass is 357 g/mol. The number of halogens is 2. The van der Waals surface area contributed by atoms with E-state index < -0.39 is 0 Å². The molecule has 20 heavy (non-hydrogen) atoms. The van der Waals surface area contributed by atoms with Crippen LogP contribution in [0, 0.1) is 17.8 Å². The molecule has 3 atom stereocenters. The highest BCUT2D eigenvalue weighted by molar-refractivity contribution is 9.10. The summed E-state index contributed by atoms with van der Waals surface area (Å²) in [6.07, 6.45) is 3.96. The lowest BCUT2D eigenvalue weighted by atomic mass is 9.72. The first kappa shape index (κ1) is 16.3. The number of rotatable bonds is 4. The first-order valence-corrected chi connectivity index (χ1v) is 8.87. The molecule has 2 rings (SSSR count). The van der Waals surface area contributed by atoms with Crippen molar-refractivity contribution >= 4 is 27.5 Å². The molecular weight excluding hydrogens is 334 g/mol. The van der Waals surface area contributed by atoms with E-state index in [1.165, 1.54) is 24.8 Å². The van der Waals surface area contributed by atoms with Crippen molar-refractivity contribution in [1.29, 1.82) is 0 Å². The molecule has 3 unspecified atom stereocenters. The van der Waals surface area contributed by atoms with Gasteiger partial charge in [-0.2, -0.15) is 0 Å². The van der Waals surface area contributed by atoms with Gasteiger partial charge in [0.25, 0.3) is 0 Å². The molecule has 1 aliphatic carbocycles. The summed E-state index contributed by atoms with van der Waals surface area (Å²) >= 11 is 10.1. The summed E-state index contributed by atoms with van der Waals surface area (Å²) in [6.45, 7) is 7.92. The molecule has 112 valence electrons. The molecule has 0 radical (unpaired) electrons. The van der Waals surface area contributed by atoms with Crippen LogP contribution in [0.1, 0.15) is 51.6 Å². The van der Waals surface area contributed by atoms with Gasteiger partial charge in [-0.1, -0.05) is 44.5 Å². The van der Waals surface area contributed by atoms with Gasteiger partial charge in [0.2, 0.25) is 0 Å². The van der Waals surface area contributed by atoms with E-state index in [0.29, 0.717) is 12.0 Å². The fourth-order valence-electron chi connectivity index (χ4n) is 3.79. The van der Waals surface area contributed by atoms with Crippen molar-refractivity contribution in [1.82, 2.24) is 5.32 Å². The third-order valence-electron chi connectivity index (χ3n) is 4.43. The quantitative estimate of drug-likeness (QED) is 0.714. The minimum absolute atomic E-state index is 0.371. The fourth-order valence-corrected chi connectivity index (χ4v) is 4.42. The van der Waals surface area contributed by atoms with E-state index in [1.807, 2.05) is 6.07 Å². The molecular formula is C17H25BrClN. The Labute approximate surface area is 136 Å². The van der Waals surface area contributed by atoms with Crippen LogP contribution in [-0.2, 0) is 0 Å². The van der Waals surface area contributed by atoms with Crippen LogP contribution in [0.25, 0.3) is 0 Å². The molecule has 1 aliphatic rings. The second-order valence-corrected chi connectivity index (χ2v) is 7.59. The maximum atomic E-state index is 6.53. The van der Waals surface area contributed by atoms with Gasteiger partial charge in [-0.15, -0.1) is 0 Å². The average molecular weight is 359 g/mol. The molecule has 0 aliphatic heterocycles. The lowest BCUT2D eigenvalue weighted by molar-refractivity contribution is 0.177. The van der Waals surface area contributed by atoms with E-state index in [9.17, 15) is 0 Å². The van der Waals surface area contributed by atoms with Crippen LogP contribution in [0.5, 0.6) is 0 Å². The molecule has 1 N–H and O–H groups in total. The van der Waals surface area contributed by atoms with E-state index in [4.69, 9.17) is 11.6 Å². The summed E-state index contributed by atoms with van der Waals surface area (Å²) in [4.78, 5) is 0. The molecule has 1 aromatic rings. The molecule has 1 saturated carbocycles. The van der Waals surface area contributed by atoms with Gasteiger partial charge in [-0.25, -0.2) is 0 Å². The summed E-state index contributed by atoms with van der Waals surface area (Å²) in [7, 11) is 0. The Kier molecular flexibility index (Phi) is 5.95. The minimum atomic E-state index is 0.371. The van der Waals surface area contributed by atoms with Crippen molar-refractivity contribution in [3.63, 3.8) is 0 Å². The Morgan fingerprint density at radius 1 is 1.25 bits per heavy atom. The highest BCUT2D eigenvalue weighted by Crippen LogP contribution is 2.42. The van der Waals surface area contributed by atoms with Crippen LogP contribution in [0.2, 0.25) is 5.02 Å². The van der Waals surface area contributed by atoms with Crippen molar-refractivity contribution in [2.75, 3.05) is 6.54 Å². The smallest absolute Gasteiger partial charge is 0.0595 e. The Bertz CT molecular complexity index is 439. The summed E-state index contributed by atoms with van der Waals surface area (Å²) < 4.78 is 0.997. The van der Waals surface area contributed by atoms with Gasteiger partial charge in [-0.3, -0.25) is 0 Å². The van der Waals surface area contributed by atoms with Crippen LogP contribution < -0.4 is 5.32 Å². The minimum Gasteiger partial charge on any atom is -0.310 e. The SMILES string of the molecule is CCNC(c1cccc(Br)c1Cl)C1CC(C)CC(C)C1. The van der Waals surface area contributed by atoms with Crippen molar-refractivity contribution < 1.29 is 0 Å². The Balaban J connectivity index is 2.28. The third kappa shape index (κ3) is 3.78. The molecule has 0 saturated heterocycles. The molecule has 0 bridgehead atoms. The predicted molar refractivity (Wildman–Crippen MR) is 91.2 cm³/mol. The number of hydrogen-bond donors (Lipinski definition) is 1. The van der Waals surface area contributed by atoms with Crippen LogP contribution in [0.4, 0.5) is 0 Å². The fraction of sp³-hybridized carbons (Fsp3) is 0.647. The lowest BCUT2D eigenvalue weighted by Crippen LogP contribution is -2.33. The Morgan fingerprint density at radius 3 is 2.50 bits per heavy atom. The summed E-state index contributed by atoms with van der Waals surface area (Å²) in [5, 5.41) is 4.54. The summed E-state index contributed by atoms with van der Waals surface area (Å²) in [5.41, 5.74) is 1.24. The van der Waals surface area contributed by atoms with E-state index in [-0.39, 0.29) is 0 Å². The summed E-state index contributed by atoms with van der Waals surface area (Å²) in [6, 6.07) is 6.64. The molecule has 0 heterocycles. The van der Waals surface area contributed by atoms with Crippen molar-refractivity contribution in [3.05, 3.63) is 33.3 Å². The third-order valence-corrected chi connectivity index (χ3v) is 5.74. The molecule has 0 spiro atoms. The normalized spacial score (nSPS) is 28.4. The molecule has 0 aromatic heterocycles.